The molecule has 66 valence electrons. The first-order valence-corrected chi connectivity index (χ1v) is 4.14. The number of carbonyl (C=O) groups is 1. The Morgan fingerprint density at radius 1 is 1.46 bits per heavy atom. The highest BCUT2D eigenvalue weighted by Crippen LogP contribution is 2.10. The van der Waals surface area contributed by atoms with Gasteiger partial charge in [-0.15, -0.1) is 0 Å². The zero-order chi connectivity index (χ0) is 9.42. The molecule has 2 aromatic rings. The highest BCUT2D eigenvalue weighted by Gasteiger charge is 2.07. The Bertz CT molecular complexity index is 471. The molecule has 0 spiro atoms. The number of ketones is 1. The molecule has 0 atom stereocenters. The maximum Gasteiger partial charge on any atom is 0.178 e. The zero-order valence-electron chi connectivity index (χ0n) is 7.61. The fraction of sp³-hybridized carbons (Fsp3) is 0.200. The summed E-state index contributed by atoms with van der Waals surface area (Å²) in [6.45, 7) is 3.51. The molecule has 2 aromatic heterocycles. The Kier molecular flexibility index (Phi) is 1.65. The second kappa shape index (κ2) is 2.69. The average Bonchev–Trinajstić information content (AvgIpc) is 2.49. The molecule has 0 aromatic carbocycles. The highest BCUT2D eigenvalue weighted by atomic mass is 16.1. The van der Waals surface area contributed by atoms with Crippen LogP contribution < -0.4 is 0 Å². The molecule has 0 radical (unpaired) electrons. The van der Waals surface area contributed by atoms with Gasteiger partial charge in [-0.05, 0) is 19.1 Å². The molecule has 0 saturated carbocycles. The fourth-order valence-electron chi connectivity index (χ4n) is 1.45. The SMILES string of the molecule is CC(=O)c1cnc2cccc(C)n12. The number of carbonyl (C=O) groups excluding carboxylic acids is 1. The number of aromatic nitrogens is 2. The highest BCUT2D eigenvalue weighted by molar-refractivity contribution is 5.93. The van der Waals surface area contributed by atoms with Gasteiger partial charge in [-0.2, -0.15) is 0 Å². The van der Waals surface area contributed by atoms with Gasteiger partial charge in [0.1, 0.15) is 11.3 Å². The van der Waals surface area contributed by atoms with E-state index in [1.54, 1.807) is 13.1 Å². The van der Waals surface area contributed by atoms with Crippen LogP contribution in [-0.4, -0.2) is 15.2 Å². The largest absolute Gasteiger partial charge is 0.294 e. The Labute approximate surface area is 76.0 Å². The van der Waals surface area contributed by atoms with Gasteiger partial charge in [0.05, 0.1) is 6.20 Å². The first kappa shape index (κ1) is 7.98. The summed E-state index contributed by atoms with van der Waals surface area (Å²) in [7, 11) is 0. The van der Waals surface area contributed by atoms with Gasteiger partial charge < -0.3 is 0 Å². The van der Waals surface area contributed by atoms with Crippen LogP contribution in [0.5, 0.6) is 0 Å². The van der Waals surface area contributed by atoms with Crippen molar-refractivity contribution >= 4 is 11.4 Å². The lowest BCUT2D eigenvalue weighted by Crippen LogP contribution is -2.00. The van der Waals surface area contributed by atoms with Crippen LogP contribution in [0.3, 0.4) is 0 Å². The van der Waals surface area contributed by atoms with Crippen LogP contribution in [0.15, 0.2) is 24.4 Å². The van der Waals surface area contributed by atoms with E-state index in [-0.39, 0.29) is 5.78 Å². The smallest absolute Gasteiger partial charge is 0.178 e. The summed E-state index contributed by atoms with van der Waals surface area (Å²) < 4.78 is 1.86. The van der Waals surface area contributed by atoms with Crippen molar-refractivity contribution in [2.45, 2.75) is 13.8 Å². The van der Waals surface area contributed by atoms with Crippen LogP contribution in [0.1, 0.15) is 23.1 Å². The van der Waals surface area contributed by atoms with Crippen molar-refractivity contribution in [3.05, 3.63) is 35.8 Å². The third kappa shape index (κ3) is 1.13. The molecule has 3 nitrogen and oxygen atoms in total. The molecule has 0 amide bonds. The van der Waals surface area contributed by atoms with E-state index >= 15 is 0 Å². The Morgan fingerprint density at radius 3 is 2.92 bits per heavy atom. The molecule has 3 heteroatoms. The van der Waals surface area contributed by atoms with Gasteiger partial charge in [-0.3, -0.25) is 9.20 Å². The molecule has 0 saturated heterocycles. The summed E-state index contributed by atoms with van der Waals surface area (Å²) in [4.78, 5) is 15.4. The van der Waals surface area contributed by atoms with Gasteiger partial charge in [-0.1, -0.05) is 6.07 Å². The van der Waals surface area contributed by atoms with E-state index in [0.29, 0.717) is 5.69 Å². The molecule has 0 aliphatic heterocycles. The maximum absolute atomic E-state index is 11.2. The monoisotopic (exact) mass is 174 g/mol. The van der Waals surface area contributed by atoms with Gasteiger partial charge in [0.25, 0.3) is 0 Å². The number of nitrogens with zero attached hydrogens (tertiary/aromatic N) is 2. The van der Waals surface area contributed by atoms with Crippen LogP contribution in [0.2, 0.25) is 0 Å². The molecule has 0 bridgehead atoms. The Hall–Kier alpha value is -1.64. The van der Waals surface area contributed by atoms with E-state index in [9.17, 15) is 4.79 Å². The maximum atomic E-state index is 11.2. The normalized spacial score (nSPS) is 10.6. The van der Waals surface area contributed by atoms with Gasteiger partial charge in [0.15, 0.2) is 5.78 Å². The summed E-state index contributed by atoms with van der Waals surface area (Å²) in [6.07, 6.45) is 1.62. The summed E-state index contributed by atoms with van der Waals surface area (Å²) >= 11 is 0. The van der Waals surface area contributed by atoms with E-state index in [0.717, 1.165) is 11.3 Å². The summed E-state index contributed by atoms with van der Waals surface area (Å²) in [5, 5.41) is 0. The van der Waals surface area contributed by atoms with E-state index in [4.69, 9.17) is 0 Å². The average molecular weight is 174 g/mol. The summed E-state index contributed by atoms with van der Waals surface area (Å²) in [5.74, 6) is 0.0433. The Balaban J connectivity index is 2.86. The van der Waals surface area contributed by atoms with Gasteiger partial charge in [-0.25, -0.2) is 4.98 Å². The number of aryl methyl sites for hydroxylation is 1. The molecular weight excluding hydrogens is 164 g/mol. The lowest BCUT2D eigenvalue weighted by Gasteiger charge is -2.01. The van der Waals surface area contributed by atoms with Crippen molar-refractivity contribution in [3.8, 4) is 0 Å². The molecule has 2 rings (SSSR count). The topological polar surface area (TPSA) is 34.4 Å². The van der Waals surface area contributed by atoms with Crippen molar-refractivity contribution in [1.29, 1.82) is 0 Å². The molecule has 13 heavy (non-hydrogen) atoms. The standard InChI is InChI=1S/C10H10N2O/c1-7-4-3-5-10-11-6-9(8(2)13)12(7)10/h3-6H,1-2H3. The minimum atomic E-state index is 0.0433. The number of Topliss-reactive ketones (excluding diaryl/α,β-unsaturated/α-hetero) is 1. The van der Waals surface area contributed by atoms with Crippen LogP contribution in [0.4, 0.5) is 0 Å². The fourth-order valence-corrected chi connectivity index (χ4v) is 1.45. The van der Waals surface area contributed by atoms with Crippen LogP contribution in [-0.2, 0) is 0 Å². The lowest BCUT2D eigenvalue weighted by atomic mass is 10.3. The summed E-state index contributed by atoms with van der Waals surface area (Å²) in [6, 6.07) is 5.78. The molecule has 0 aliphatic rings. The van der Waals surface area contributed by atoms with Crippen molar-refractivity contribution in [1.82, 2.24) is 9.38 Å². The molecular formula is C10H10N2O. The number of rotatable bonds is 1. The predicted octanol–water partition coefficient (Wildman–Crippen LogP) is 1.85. The first-order valence-electron chi connectivity index (χ1n) is 4.14. The van der Waals surface area contributed by atoms with Crippen molar-refractivity contribution < 1.29 is 4.79 Å². The second-order valence-corrected chi connectivity index (χ2v) is 3.06. The summed E-state index contributed by atoms with van der Waals surface area (Å²) in [5.41, 5.74) is 2.50. The molecule has 0 aliphatic carbocycles. The van der Waals surface area contributed by atoms with E-state index in [2.05, 4.69) is 4.98 Å². The van der Waals surface area contributed by atoms with Crippen molar-refractivity contribution in [3.63, 3.8) is 0 Å². The number of imidazole rings is 1. The molecule has 0 fully saturated rings. The minimum Gasteiger partial charge on any atom is -0.294 e. The number of hydrogen-bond donors (Lipinski definition) is 0. The number of pyridine rings is 1. The molecule has 0 unspecified atom stereocenters. The lowest BCUT2D eigenvalue weighted by molar-refractivity contribution is 0.101. The first-order chi connectivity index (χ1) is 6.20. The second-order valence-electron chi connectivity index (χ2n) is 3.06. The minimum absolute atomic E-state index is 0.0433. The van der Waals surface area contributed by atoms with E-state index in [1.807, 2.05) is 29.5 Å². The zero-order valence-corrected chi connectivity index (χ0v) is 7.61. The third-order valence-corrected chi connectivity index (χ3v) is 2.09. The van der Waals surface area contributed by atoms with Gasteiger partial charge >= 0.3 is 0 Å². The van der Waals surface area contributed by atoms with Gasteiger partial charge in [0, 0.05) is 12.6 Å². The van der Waals surface area contributed by atoms with Crippen molar-refractivity contribution in [2.75, 3.05) is 0 Å². The van der Waals surface area contributed by atoms with Crippen LogP contribution >= 0.6 is 0 Å². The van der Waals surface area contributed by atoms with Crippen molar-refractivity contribution in [2.24, 2.45) is 0 Å². The third-order valence-electron chi connectivity index (χ3n) is 2.09. The predicted molar refractivity (Wildman–Crippen MR) is 49.9 cm³/mol. The van der Waals surface area contributed by atoms with E-state index < -0.39 is 0 Å². The number of fused-ring (bicyclic) bond motifs is 1. The van der Waals surface area contributed by atoms with E-state index in [1.165, 1.54) is 0 Å². The quantitative estimate of drug-likeness (QED) is 0.618. The molecule has 2 heterocycles. The van der Waals surface area contributed by atoms with Crippen LogP contribution in [0, 0.1) is 6.92 Å². The Morgan fingerprint density at radius 2 is 2.23 bits per heavy atom. The van der Waals surface area contributed by atoms with Gasteiger partial charge in [0.2, 0.25) is 0 Å². The van der Waals surface area contributed by atoms with Crippen LogP contribution in [0.25, 0.3) is 5.65 Å². The number of hydrogen-bond acceptors (Lipinski definition) is 2. The molecule has 0 N–H and O–H groups in total.